The molecule has 0 aliphatic rings. The van der Waals surface area contributed by atoms with E-state index in [0.29, 0.717) is 0 Å². The molecular formula is C14H15NOS2. The van der Waals surface area contributed by atoms with Crippen molar-refractivity contribution in [3.05, 3.63) is 46.5 Å². The molecule has 0 aliphatic carbocycles. The van der Waals surface area contributed by atoms with Crippen LogP contribution in [0.25, 0.3) is 0 Å². The molecular weight excluding hydrogens is 262 g/mol. The molecule has 0 aliphatic heterocycles. The number of carbonyl (C=O) groups is 1. The Hall–Kier alpha value is -1.13. The van der Waals surface area contributed by atoms with Gasteiger partial charge in [0, 0.05) is 16.6 Å². The van der Waals surface area contributed by atoms with Crippen molar-refractivity contribution in [2.75, 3.05) is 0 Å². The van der Waals surface area contributed by atoms with Gasteiger partial charge in [-0.25, -0.2) is 4.98 Å². The van der Waals surface area contributed by atoms with Crippen molar-refractivity contribution < 1.29 is 4.79 Å². The molecule has 18 heavy (non-hydrogen) atoms. The second kappa shape index (κ2) is 5.67. The molecule has 1 unspecified atom stereocenters. The number of benzene rings is 1. The average molecular weight is 277 g/mol. The number of nitrogens with zero attached hydrogens (tertiary/aromatic N) is 1. The van der Waals surface area contributed by atoms with Gasteiger partial charge in [-0.2, -0.15) is 0 Å². The van der Waals surface area contributed by atoms with E-state index in [0.717, 1.165) is 15.6 Å². The quantitative estimate of drug-likeness (QED) is 0.622. The molecule has 0 saturated heterocycles. The van der Waals surface area contributed by atoms with Crippen molar-refractivity contribution in [2.24, 2.45) is 0 Å². The van der Waals surface area contributed by atoms with Crippen molar-refractivity contribution in [1.29, 1.82) is 0 Å². The summed E-state index contributed by atoms with van der Waals surface area (Å²) in [5.74, 6) is 0.160. The molecule has 0 N–H and O–H groups in total. The van der Waals surface area contributed by atoms with Crippen molar-refractivity contribution in [3.63, 3.8) is 0 Å². The number of ketones is 1. The average Bonchev–Trinajstić information content (AvgIpc) is 2.75. The number of carbonyl (C=O) groups excluding carboxylic acids is 1. The molecule has 1 aromatic carbocycles. The predicted octanol–water partition coefficient (Wildman–Crippen LogP) is 4.12. The lowest BCUT2D eigenvalue weighted by Gasteiger charge is -2.08. The molecule has 0 amide bonds. The topological polar surface area (TPSA) is 30.0 Å². The minimum atomic E-state index is -0.0988. The van der Waals surface area contributed by atoms with E-state index in [1.807, 2.05) is 50.4 Å². The summed E-state index contributed by atoms with van der Waals surface area (Å²) in [4.78, 5) is 16.6. The van der Waals surface area contributed by atoms with Crippen LogP contribution in [-0.4, -0.2) is 16.0 Å². The first-order chi connectivity index (χ1) is 8.56. The summed E-state index contributed by atoms with van der Waals surface area (Å²) < 4.78 is 0.959. The summed E-state index contributed by atoms with van der Waals surface area (Å²) in [5, 5.41) is 1.91. The molecule has 1 aromatic heterocycles. The highest BCUT2D eigenvalue weighted by atomic mass is 32.2. The molecule has 0 spiro atoms. The summed E-state index contributed by atoms with van der Waals surface area (Å²) >= 11 is 3.12. The van der Waals surface area contributed by atoms with Gasteiger partial charge in [-0.3, -0.25) is 4.79 Å². The van der Waals surface area contributed by atoms with Gasteiger partial charge < -0.3 is 0 Å². The third-order valence-corrected chi connectivity index (χ3v) is 4.77. The summed E-state index contributed by atoms with van der Waals surface area (Å²) in [6.45, 7) is 5.92. The van der Waals surface area contributed by atoms with E-state index in [1.54, 1.807) is 11.3 Å². The summed E-state index contributed by atoms with van der Waals surface area (Å²) in [6.07, 6.45) is 0. The number of aromatic nitrogens is 1. The van der Waals surface area contributed by atoms with Gasteiger partial charge >= 0.3 is 0 Å². The van der Waals surface area contributed by atoms with Crippen molar-refractivity contribution in [1.82, 2.24) is 4.98 Å². The minimum absolute atomic E-state index is 0.0988. The minimum Gasteiger partial charge on any atom is -0.293 e. The zero-order chi connectivity index (χ0) is 13.1. The molecule has 94 valence electrons. The van der Waals surface area contributed by atoms with Gasteiger partial charge in [-0.05, 0) is 20.8 Å². The summed E-state index contributed by atoms with van der Waals surface area (Å²) in [7, 11) is 0. The number of aryl methyl sites for hydroxylation is 2. The van der Waals surface area contributed by atoms with Crippen LogP contribution in [0.3, 0.4) is 0 Å². The van der Waals surface area contributed by atoms with Gasteiger partial charge in [0.15, 0.2) is 10.1 Å². The molecule has 0 radical (unpaired) electrons. The molecule has 2 nitrogen and oxygen atoms in total. The van der Waals surface area contributed by atoms with Crippen molar-refractivity contribution >= 4 is 28.9 Å². The molecule has 1 atom stereocenters. The normalized spacial score (nSPS) is 12.4. The third kappa shape index (κ3) is 3.21. The number of hydrogen-bond acceptors (Lipinski definition) is 4. The highest BCUT2D eigenvalue weighted by Crippen LogP contribution is 2.28. The Balaban J connectivity index is 2.07. The van der Waals surface area contributed by atoms with Crippen LogP contribution in [0.15, 0.2) is 34.0 Å². The maximum Gasteiger partial charge on any atom is 0.175 e. The fraction of sp³-hybridized carbons (Fsp3) is 0.286. The van der Waals surface area contributed by atoms with E-state index < -0.39 is 0 Å². The van der Waals surface area contributed by atoms with Crippen LogP contribution in [-0.2, 0) is 0 Å². The Labute approximate surface area is 115 Å². The van der Waals surface area contributed by atoms with Crippen LogP contribution in [0.4, 0.5) is 0 Å². The number of rotatable bonds is 4. The maximum atomic E-state index is 12.2. The van der Waals surface area contributed by atoms with Crippen LogP contribution in [0.1, 0.15) is 28.5 Å². The number of hydrogen-bond donors (Lipinski definition) is 0. The smallest absolute Gasteiger partial charge is 0.175 e. The summed E-state index contributed by atoms with van der Waals surface area (Å²) in [5.41, 5.74) is 2.95. The highest BCUT2D eigenvalue weighted by molar-refractivity contribution is 8.02. The van der Waals surface area contributed by atoms with Crippen LogP contribution >= 0.6 is 23.1 Å². The van der Waals surface area contributed by atoms with Gasteiger partial charge in [-0.15, -0.1) is 11.3 Å². The lowest BCUT2D eigenvalue weighted by molar-refractivity contribution is 0.0994. The second-order valence-electron chi connectivity index (χ2n) is 4.25. The zero-order valence-corrected chi connectivity index (χ0v) is 12.3. The fourth-order valence-corrected chi connectivity index (χ4v) is 3.61. The fourth-order valence-electron chi connectivity index (χ4n) is 1.54. The Morgan fingerprint density at radius 3 is 2.50 bits per heavy atom. The van der Waals surface area contributed by atoms with Crippen LogP contribution in [0.2, 0.25) is 0 Å². The predicted molar refractivity (Wildman–Crippen MR) is 77.7 cm³/mol. The van der Waals surface area contributed by atoms with Crippen LogP contribution < -0.4 is 0 Å². The standard InChI is InChI=1S/C14H15NOS2/c1-9-4-6-12(7-5-9)13(16)11(3)18-14-15-10(2)8-17-14/h4-8,11H,1-3H3. The lowest BCUT2D eigenvalue weighted by atomic mass is 10.1. The lowest BCUT2D eigenvalue weighted by Crippen LogP contribution is -2.13. The van der Waals surface area contributed by atoms with Crippen molar-refractivity contribution in [2.45, 2.75) is 30.4 Å². The number of thiazole rings is 1. The first-order valence-corrected chi connectivity index (χ1v) is 7.52. The van der Waals surface area contributed by atoms with Gasteiger partial charge in [0.2, 0.25) is 0 Å². The largest absolute Gasteiger partial charge is 0.293 e. The van der Waals surface area contributed by atoms with E-state index in [-0.39, 0.29) is 11.0 Å². The zero-order valence-electron chi connectivity index (χ0n) is 10.6. The molecule has 0 saturated carbocycles. The van der Waals surface area contributed by atoms with Crippen LogP contribution in [0, 0.1) is 13.8 Å². The van der Waals surface area contributed by atoms with Gasteiger partial charge in [-0.1, -0.05) is 41.6 Å². The van der Waals surface area contributed by atoms with E-state index in [2.05, 4.69) is 4.98 Å². The van der Waals surface area contributed by atoms with Crippen LogP contribution in [0.5, 0.6) is 0 Å². The van der Waals surface area contributed by atoms with E-state index in [9.17, 15) is 4.79 Å². The first kappa shape index (κ1) is 13.3. The van der Waals surface area contributed by atoms with Gasteiger partial charge in [0.1, 0.15) is 0 Å². The van der Waals surface area contributed by atoms with Crippen molar-refractivity contribution in [3.8, 4) is 0 Å². The van der Waals surface area contributed by atoms with Gasteiger partial charge in [0.25, 0.3) is 0 Å². The number of Topliss-reactive ketones (excluding diaryl/α,β-unsaturated/α-hetero) is 1. The van der Waals surface area contributed by atoms with E-state index in [4.69, 9.17) is 0 Å². The first-order valence-electron chi connectivity index (χ1n) is 5.76. The Morgan fingerprint density at radius 1 is 1.28 bits per heavy atom. The monoisotopic (exact) mass is 277 g/mol. The van der Waals surface area contributed by atoms with E-state index in [1.165, 1.54) is 17.3 Å². The summed E-state index contributed by atoms with van der Waals surface area (Å²) in [6, 6.07) is 7.72. The molecule has 2 aromatic rings. The SMILES string of the molecule is Cc1ccc(C(=O)C(C)Sc2nc(C)cs2)cc1. The second-order valence-corrected chi connectivity index (χ2v) is 6.69. The molecule has 0 bridgehead atoms. The molecule has 0 fully saturated rings. The maximum absolute atomic E-state index is 12.2. The molecule has 1 heterocycles. The number of thioether (sulfide) groups is 1. The Bertz CT molecular complexity index is 545. The third-order valence-electron chi connectivity index (χ3n) is 2.58. The highest BCUT2D eigenvalue weighted by Gasteiger charge is 2.17. The molecule has 4 heteroatoms. The molecule has 2 rings (SSSR count). The Kier molecular flexibility index (Phi) is 4.19. The Morgan fingerprint density at radius 2 is 1.94 bits per heavy atom. The van der Waals surface area contributed by atoms with Gasteiger partial charge in [0.05, 0.1) is 5.25 Å². The van der Waals surface area contributed by atoms with E-state index >= 15 is 0 Å².